The van der Waals surface area contributed by atoms with E-state index >= 15 is 0 Å². The first-order valence-corrected chi connectivity index (χ1v) is 6.01. The third kappa shape index (κ3) is 2.77. The first-order chi connectivity index (χ1) is 6.98. The third-order valence-electron chi connectivity index (χ3n) is 2.03. The molecule has 0 radical (unpaired) electrons. The van der Waals surface area contributed by atoms with Crippen LogP contribution in [0.2, 0.25) is 0 Å². The lowest BCUT2D eigenvalue weighted by Gasteiger charge is -2.14. The number of aromatic nitrogens is 2. The number of aryl methyl sites for hydroxylation is 1. The molecule has 0 saturated heterocycles. The Morgan fingerprint density at radius 1 is 1.60 bits per heavy atom. The fourth-order valence-corrected chi connectivity index (χ4v) is 2.20. The second-order valence-electron chi connectivity index (χ2n) is 3.31. The standard InChI is InChI=1S/C8H16N4O2S/c1-9-4-5-12(3)15(13,14)8-6-11(2)7-10-8/h6-7,9H,4-5H2,1-3H3. The molecule has 0 aliphatic rings. The zero-order valence-corrected chi connectivity index (χ0v) is 9.95. The third-order valence-corrected chi connectivity index (χ3v) is 3.78. The Kier molecular flexibility index (Phi) is 3.83. The highest BCUT2D eigenvalue weighted by Gasteiger charge is 2.22. The van der Waals surface area contributed by atoms with Crippen molar-refractivity contribution in [3.05, 3.63) is 12.5 Å². The lowest BCUT2D eigenvalue weighted by atomic mass is 10.6. The summed E-state index contributed by atoms with van der Waals surface area (Å²) in [6.07, 6.45) is 2.96. The summed E-state index contributed by atoms with van der Waals surface area (Å²) in [5, 5.41) is 2.98. The Labute approximate surface area is 90.0 Å². The van der Waals surface area contributed by atoms with Crippen LogP contribution in [-0.4, -0.2) is 49.5 Å². The Morgan fingerprint density at radius 3 is 2.73 bits per heavy atom. The lowest BCUT2D eigenvalue weighted by Crippen LogP contribution is -2.33. The van der Waals surface area contributed by atoms with Crippen LogP contribution in [0.1, 0.15) is 0 Å². The summed E-state index contributed by atoms with van der Waals surface area (Å²) in [5.41, 5.74) is 0. The van der Waals surface area contributed by atoms with Gasteiger partial charge in [-0.25, -0.2) is 13.4 Å². The van der Waals surface area contributed by atoms with Gasteiger partial charge in [0.15, 0.2) is 5.03 Å². The molecule has 0 aliphatic carbocycles. The molecule has 0 amide bonds. The maximum atomic E-state index is 11.9. The van der Waals surface area contributed by atoms with Gasteiger partial charge in [-0.05, 0) is 7.05 Å². The van der Waals surface area contributed by atoms with Crippen LogP contribution < -0.4 is 5.32 Å². The van der Waals surface area contributed by atoms with Crippen LogP contribution >= 0.6 is 0 Å². The van der Waals surface area contributed by atoms with E-state index in [2.05, 4.69) is 10.3 Å². The highest BCUT2D eigenvalue weighted by atomic mass is 32.2. The van der Waals surface area contributed by atoms with E-state index in [1.165, 1.54) is 16.8 Å². The summed E-state index contributed by atoms with van der Waals surface area (Å²) in [5.74, 6) is 0. The van der Waals surface area contributed by atoms with Crippen molar-refractivity contribution in [2.24, 2.45) is 7.05 Å². The summed E-state index contributed by atoms with van der Waals surface area (Å²) in [6, 6.07) is 0. The van der Waals surface area contributed by atoms with Gasteiger partial charge in [-0.15, -0.1) is 0 Å². The summed E-state index contributed by atoms with van der Waals surface area (Å²) in [7, 11) is 1.63. The number of sulfonamides is 1. The molecule has 0 saturated carbocycles. The monoisotopic (exact) mass is 232 g/mol. The van der Waals surface area contributed by atoms with E-state index in [0.29, 0.717) is 13.1 Å². The van der Waals surface area contributed by atoms with E-state index in [-0.39, 0.29) is 5.03 Å². The normalized spacial score (nSPS) is 12.3. The van der Waals surface area contributed by atoms with Crippen molar-refractivity contribution in [2.45, 2.75) is 5.03 Å². The van der Waals surface area contributed by atoms with E-state index in [0.717, 1.165) is 0 Å². The maximum absolute atomic E-state index is 11.9. The lowest BCUT2D eigenvalue weighted by molar-refractivity contribution is 0.463. The van der Waals surface area contributed by atoms with E-state index in [4.69, 9.17) is 0 Å². The van der Waals surface area contributed by atoms with Gasteiger partial charge in [-0.3, -0.25) is 0 Å². The summed E-state index contributed by atoms with van der Waals surface area (Å²) in [6.45, 7) is 1.04. The van der Waals surface area contributed by atoms with Gasteiger partial charge in [-0.1, -0.05) is 0 Å². The predicted octanol–water partition coefficient (Wildman–Crippen LogP) is -0.740. The maximum Gasteiger partial charge on any atom is 0.261 e. The second-order valence-corrected chi connectivity index (χ2v) is 5.30. The first kappa shape index (κ1) is 12.2. The fraction of sp³-hybridized carbons (Fsp3) is 0.625. The van der Waals surface area contributed by atoms with Crippen LogP contribution in [0.3, 0.4) is 0 Å². The Morgan fingerprint density at radius 2 is 2.27 bits per heavy atom. The second kappa shape index (κ2) is 4.73. The van der Waals surface area contributed by atoms with Crippen molar-refractivity contribution in [2.75, 3.05) is 27.2 Å². The molecular weight excluding hydrogens is 216 g/mol. The van der Waals surface area contributed by atoms with E-state index in [9.17, 15) is 8.42 Å². The van der Waals surface area contributed by atoms with Crippen molar-refractivity contribution in [3.8, 4) is 0 Å². The molecule has 0 aromatic carbocycles. The van der Waals surface area contributed by atoms with Crippen LogP contribution in [0.25, 0.3) is 0 Å². The molecule has 0 atom stereocenters. The van der Waals surface area contributed by atoms with E-state index in [1.807, 2.05) is 0 Å². The fourth-order valence-electron chi connectivity index (χ4n) is 1.07. The summed E-state index contributed by atoms with van der Waals surface area (Å²) in [4.78, 5) is 3.83. The number of likely N-dealkylation sites (N-methyl/N-ethyl adjacent to an activating group) is 2. The number of nitrogens with one attached hydrogen (secondary N) is 1. The van der Waals surface area contributed by atoms with Crippen LogP contribution in [0.15, 0.2) is 17.6 Å². The molecule has 86 valence electrons. The average Bonchev–Trinajstić information content (AvgIpc) is 2.61. The molecule has 15 heavy (non-hydrogen) atoms. The Hall–Kier alpha value is -0.920. The van der Waals surface area contributed by atoms with Crippen molar-refractivity contribution < 1.29 is 8.42 Å². The molecule has 7 heteroatoms. The van der Waals surface area contributed by atoms with Gasteiger partial charge in [0.2, 0.25) is 0 Å². The molecule has 1 aromatic heterocycles. The van der Waals surface area contributed by atoms with Crippen molar-refractivity contribution in [1.29, 1.82) is 0 Å². The van der Waals surface area contributed by atoms with Gasteiger partial charge in [0.25, 0.3) is 10.0 Å². The zero-order valence-electron chi connectivity index (χ0n) is 9.14. The molecule has 0 unspecified atom stereocenters. The number of nitrogens with zero attached hydrogens (tertiary/aromatic N) is 3. The molecule has 6 nitrogen and oxygen atoms in total. The SMILES string of the molecule is CNCCN(C)S(=O)(=O)c1cn(C)cn1. The smallest absolute Gasteiger partial charge is 0.261 e. The minimum Gasteiger partial charge on any atom is -0.339 e. The predicted molar refractivity (Wildman–Crippen MR) is 57.0 cm³/mol. The van der Waals surface area contributed by atoms with Gasteiger partial charge < -0.3 is 9.88 Å². The summed E-state index contributed by atoms with van der Waals surface area (Å²) >= 11 is 0. The first-order valence-electron chi connectivity index (χ1n) is 4.57. The van der Waals surface area contributed by atoms with Crippen LogP contribution in [-0.2, 0) is 17.1 Å². The van der Waals surface area contributed by atoms with E-state index < -0.39 is 10.0 Å². The topological polar surface area (TPSA) is 67.2 Å². The van der Waals surface area contributed by atoms with Gasteiger partial charge in [-0.2, -0.15) is 4.31 Å². The molecule has 0 spiro atoms. The van der Waals surface area contributed by atoms with E-state index in [1.54, 1.807) is 25.7 Å². The Bertz CT molecular complexity index is 412. The largest absolute Gasteiger partial charge is 0.339 e. The van der Waals surface area contributed by atoms with Gasteiger partial charge >= 0.3 is 0 Å². The van der Waals surface area contributed by atoms with Gasteiger partial charge in [0, 0.05) is 33.4 Å². The number of rotatable bonds is 5. The molecule has 1 N–H and O–H groups in total. The van der Waals surface area contributed by atoms with Crippen LogP contribution in [0.4, 0.5) is 0 Å². The van der Waals surface area contributed by atoms with Crippen molar-refractivity contribution in [3.63, 3.8) is 0 Å². The number of hydrogen-bond donors (Lipinski definition) is 1. The van der Waals surface area contributed by atoms with Crippen molar-refractivity contribution >= 4 is 10.0 Å². The average molecular weight is 232 g/mol. The van der Waals surface area contributed by atoms with Gasteiger partial charge in [0.1, 0.15) is 0 Å². The Balaban J connectivity index is 2.83. The number of hydrogen-bond acceptors (Lipinski definition) is 4. The molecule has 1 heterocycles. The minimum absolute atomic E-state index is 0.0867. The highest BCUT2D eigenvalue weighted by molar-refractivity contribution is 7.89. The molecule has 0 aliphatic heterocycles. The molecular formula is C8H16N4O2S. The minimum atomic E-state index is -3.43. The molecule has 1 aromatic rings. The van der Waals surface area contributed by atoms with Gasteiger partial charge in [0.05, 0.1) is 6.33 Å². The zero-order chi connectivity index (χ0) is 11.5. The van der Waals surface area contributed by atoms with Crippen LogP contribution in [0, 0.1) is 0 Å². The highest BCUT2D eigenvalue weighted by Crippen LogP contribution is 2.09. The molecule has 0 fully saturated rings. The van der Waals surface area contributed by atoms with Crippen molar-refractivity contribution in [1.82, 2.24) is 19.2 Å². The van der Waals surface area contributed by atoms with Crippen LogP contribution in [0.5, 0.6) is 0 Å². The quantitative estimate of drug-likeness (QED) is 0.726. The number of imidazole rings is 1. The summed E-state index contributed by atoms with van der Waals surface area (Å²) < 4.78 is 26.6. The molecule has 1 rings (SSSR count). The molecule has 0 bridgehead atoms.